The Kier molecular flexibility index (Phi) is 5.75. The topological polar surface area (TPSA) is 9.23 Å². The van der Waals surface area contributed by atoms with Crippen molar-refractivity contribution in [2.75, 3.05) is 6.66 Å². The van der Waals surface area contributed by atoms with Gasteiger partial charge in [-0.3, -0.25) is 0 Å². The van der Waals surface area contributed by atoms with Gasteiger partial charge in [-0.25, -0.2) is 0 Å². The molecule has 152 valence electrons. The summed E-state index contributed by atoms with van der Waals surface area (Å²) < 4.78 is 6.57. The van der Waals surface area contributed by atoms with Crippen molar-refractivity contribution in [2.24, 2.45) is 0 Å². The van der Waals surface area contributed by atoms with Crippen LogP contribution in [-0.4, -0.2) is 6.66 Å². The van der Waals surface area contributed by atoms with Crippen LogP contribution in [-0.2, 0) is 0 Å². The number of benzene rings is 4. The van der Waals surface area contributed by atoms with E-state index in [1.54, 1.807) is 0 Å². The fourth-order valence-corrected chi connectivity index (χ4v) is 7.99. The zero-order valence-corrected chi connectivity index (χ0v) is 19.1. The van der Waals surface area contributed by atoms with E-state index < -0.39 is 7.26 Å². The van der Waals surface area contributed by atoms with Crippen LogP contribution < -0.4 is 20.7 Å². The summed E-state index contributed by atoms with van der Waals surface area (Å²) in [5.74, 6) is 1.87. The Balaban J connectivity index is 1.93. The van der Waals surface area contributed by atoms with Gasteiger partial charge in [0.1, 0.15) is 0 Å². The van der Waals surface area contributed by atoms with Crippen LogP contribution in [0.25, 0.3) is 0 Å². The van der Waals surface area contributed by atoms with Gasteiger partial charge in [0.15, 0.2) is 0 Å². The molecule has 4 rings (SSSR count). The average Bonchev–Trinajstić information content (AvgIpc) is 2.77. The molecule has 0 spiro atoms. The minimum absolute atomic E-state index is 0.920. The summed E-state index contributed by atoms with van der Waals surface area (Å²) in [5, 5.41) is 4.07. The Morgan fingerprint density at radius 1 is 0.567 bits per heavy atom. The van der Waals surface area contributed by atoms with Crippen LogP contribution in [0, 0.1) is 20.8 Å². The van der Waals surface area contributed by atoms with E-state index in [-0.39, 0.29) is 0 Å². The van der Waals surface area contributed by atoms with Gasteiger partial charge in [-0.2, -0.15) is 0 Å². The molecule has 0 radical (unpaired) electrons. The van der Waals surface area contributed by atoms with E-state index in [0.29, 0.717) is 0 Å². The molecule has 0 bridgehead atoms. The van der Waals surface area contributed by atoms with E-state index in [4.69, 9.17) is 4.74 Å². The molecule has 0 aromatic heterocycles. The molecule has 0 saturated carbocycles. The molecule has 0 fully saturated rings. The molecule has 4 aromatic rings. The molecule has 30 heavy (non-hydrogen) atoms. The predicted octanol–water partition coefficient (Wildman–Crippen LogP) is 6.06. The molecular weight excluding hydrogens is 383 g/mol. The zero-order chi connectivity index (χ0) is 21.1. The molecule has 0 amide bonds. The van der Waals surface area contributed by atoms with Crippen molar-refractivity contribution in [3.63, 3.8) is 0 Å². The van der Waals surface area contributed by atoms with Crippen LogP contribution in [0.15, 0.2) is 97.1 Å². The summed E-state index contributed by atoms with van der Waals surface area (Å²) in [7, 11) is -2.26. The molecule has 0 saturated heterocycles. The Labute approximate surface area is 180 Å². The Morgan fingerprint density at radius 2 is 1.07 bits per heavy atom. The molecule has 1 nitrogen and oxygen atoms in total. The number of aryl methyl sites for hydroxylation is 3. The molecule has 0 aliphatic rings. The number of hydrogen-bond acceptors (Lipinski definition) is 1. The van der Waals surface area contributed by atoms with Gasteiger partial charge in [-0.05, 0) is 0 Å². The van der Waals surface area contributed by atoms with Gasteiger partial charge in [0.05, 0.1) is 0 Å². The Morgan fingerprint density at radius 3 is 1.60 bits per heavy atom. The van der Waals surface area contributed by atoms with Crippen LogP contribution >= 0.6 is 7.26 Å². The third-order valence-corrected chi connectivity index (χ3v) is 10.4. The second-order valence-corrected chi connectivity index (χ2v) is 12.2. The van der Waals surface area contributed by atoms with Gasteiger partial charge in [-0.1, -0.05) is 0 Å². The molecule has 0 heterocycles. The van der Waals surface area contributed by atoms with E-state index in [1.807, 2.05) is 0 Å². The average molecular weight is 413 g/mol. The van der Waals surface area contributed by atoms with Gasteiger partial charge in [0, 0.05) is 0 Å². The molecule has 0 unspecified atom stereocenters. The van der Waals surface area contributed by atoms with Crippen molar-refractivity contribution in [2.45, 2.75) is 20.8 Å². The van der Waals surface area contributed by atoms with Crippen molar-refractivity contribution in [1.29, 1.82) is 0 Å². The normalized spacial score (nSPS) is 11.9. The second kappa shape index (κ2) is 8.46. The quantitative estimate of drug-likeness (QED) is 0.362. The standard InChI is InChI=1S/C28H29OP/c1-21-15-17-26(23(3)19-21)29-27-18-16-22(2)20-28(27)30(4,24-11-7-5-8-12-24)25-13-9-6-10-14-25/h5-20,30H,1-4H3. The first kappa shape index (κ1) is 20.4. The fourth-order valence-electron chi connectivity index (χ4n) is 4.18. The third-order valence-electron chi connectivity index (χ3n) is 5.93. The first-order valence-corrected chi connectivity index (χ1v) is 13.0. The molecule has 0 aliphatic carbocycles. The van der Waals surface area contributed by atoms with Gasteiger partial charge < -0.3 is 0 Å². The predicted molar refractivity (Wildman–Crippen MR) is 133 cm³/mol. The van der Waals surface area contributed by atoms with Crippen LogP contribution in [0.2, 0.25) is 0 Å². The monoisotopic (exact) mass is 412 g/mol. The number of ether oxygens (including phenoxy) is 1. The SMILES string of the molecule is Cc1ccc(Oc2ccc(C)cc2[PH](C)(c2ccccc2)c2ccccc2)c(C)c1. The summed E-state index contributed by atoms with van der Waals surface area (Å²) in [6, 6.07) is 34.8. The molecule has 0 atom stereocenters. The fraction of sp³-hybridized carbons (Fsp3) is 0.143. The maximum absolute atomic E-state index is 6.57. The Bertz CT molecular complexity index is 1110. The van der Waals surface area contributed by atoms with Crippen molar-refractivity contribution in [3.05, 3.63) is 114 Å². The van der Waals surface area contributed by atoms with Crippen LogP contribution in [0.5, 0.6) is 11.5 Å². The van der Waals surface area contributed by atoms with E-state index >= 15 is 0 Å². The zero-order valence-electron chi connectivity index (χ0n) is 18.1. The van der Waals surface area contributed by atoms with Crippen molar-refractivity contribution in [1.82, 2.24) is 0 Å². The van der Waals surface area contributed by atoms with Gasteiger partial charge in [0.25, 0.3) is 0 Å². The van der Waals surface area contributed by atoms with Crippen LogP contribution in [0.3, 0.4) is 0 Å². The first-order valence-electron chi connectivity index (χ1n) is 10.5. The Hall–Kier alpha value is -2.89. The van der Waals surface area contributed by atoms with Crippen molar-refractivity contribution in [3.8, 4) is 11.5 Å². The number of rotatable bonds is 5. The third kappa shape index (κ3) is 3.91. The summed E-state index contributed by atoms with van der Waals surface area (Å²) in [6.45, 7) is 8.82. The second-order valence-electron chi connectivity index (χ2n) is 8.23. The number of hydrogen-bond donors (Lipinski definition) is 0. The van der Waals surface area contributed by atoms with E-state index in [1.165, 1.54) is 27.0 Å². The maximum atomic E-state index is 6.57. The summed E-state index contributed by atoms with van der Waals surface area (Å²) in [5.41, 5.74) is 3.66. The summed E-state index contributed by atoms with van der Waals surface area (Å²) in [4.78, 5) is 0. The van der Waals surface area contributed by atoms with E-state index in [9.17, 15) is 0 Å². The molecule has 4 aromatic carbocycles. The van der Waals surface area contributed by atoms with Crippen molar-refractivity contribution >= 4 is 23.2 Å². The van der Waals surface area contributed by atoms with Gasteiger partial charge >= 0.3 is 181 Å². The van der Waals surface area contributed by atoms with E-state index in [0.717, 1.165) is 17.1 Å². The van der Waals surface area contributed by atoms with Gasteiger partial charge in [0.2, 0.25) is 0 Å². The van der Waals surface area contributed by atoms with Crippen molar-refractivity contribution < 1.29 is 4.74 Å². The summed E-state index contributed by atoms with van der Waals surface area (Å²) >= 11 is 0. The molecule has 0 N–H and O–H groups in total. The van der Waals surface area contributed by atoms with Gasteiger partial charge in [-0.15, -0.1) is 0 Å². The van der Waals surface area contributed by atoms with Crippen LogP contribution in [0.4, 0.5) is 0 Å². The first-order chi connectivity index (χ1) is 14.5. The minimum atomic E-state index is -2.26. The molecule has 2 heteroatoms. The molecule has 0 aliphatic heterocycles. The van der Waals surface area contributed by atoms with E-state index in [2.05, 4.69) is 124 Å². The van der Waals surface area contributed by atoms with Crippen LogP contribution in [0.1, 0.15) is 16.7 Å². The summed E-state index contributed by atoms with van der Waals surface area (Å²) in [6.07, 6.45) is 0. The molecular formula is C28H29OP.